The molecular formula is C21H27N3O2. The first kappa shape index (κ1) is 17.1. The zero-order chi connectivity index (χ0) is 18.1. The Morgan fingerprint density at radius 2 is 1.85 bits per heavy atom. The van der Waals surface area contributed by atoms with Crippen LogP contribution < -0.4 is 14.4 Å². The Kier molecular flexibility index (Phi) is 4.70. The maximum Gasteiger partial charge on any atom is 0.161 e. The molecule has 0 radical (unpaired) electrons. The maximum absolute atomic E-state index is 5.89. The van der Waals surface area contributed by atoms with E-state index >= 15 is 0 Å². The number of benzene rings is 1. The monoisotopic (exact) mass is 353 g/mol. The predicted molar refractivity (Wildman–Crippen MR) is 102 cm³/mol. The standard InChI is InChI=1S/C21H27N3O2/c1-14(2)21-22-15(3)12-20(23-21)24-9-4-6-17(24)16-7-8-18-19(13-16)26-11-5-10-25-18/h7-8,12-14,17H,4-6,9-11H2,1-3H3. The van der Waals surface area contributed by atoms with Crippen molar-refractivity contribution in [3.05, 3.63) is 41.3 Å². The van der Waals surface area contributed by atoms with E-state index in [0.29, 0.717) is 18.6 Å². The first-order chi connectivity index (χ1) is 12.6. The topological polar surface area (TPSA) is 47.5 Å². The van der Waals surface area contributed by atoms with Crippen LogP contribution in [0.3, 0.4) is 0 Å². The zero-order valence-electron chi connectivity index (χ0n) is 15.9. The van der Waals surface area contributed by atoms with Crippen LogP contribution in [0.5, 0.6) is 11.5 Å². The molecule has 2 aliphatic rings. The Morgan fingerprint density at radius 1 is 1.04 bits per heavy atom. The fourth-order valence-corrected chi connectivity index (χ4v) is 3.75. The van der Waals surface area contributed by atoms with E-state index in [1.54, 1.807) is 0 Å². The molecule has 3 heterocycles. The van der Waals surface area contributed by atoms with E-state index in [0.717, 1.165) is 54.8 Å². The van der Waals surface area contributed by atoms with Crippen molar-refractivity contribution in [2.24, 2.45) is 0 Å². The van der Waals surface area contributed by atoms with Gasteiger partial charge in [-0.3, -0.25) is 0 Å². The van der Waals surface area contributed by atoms with Crippen LogP contribution in [-0.2, 0) is 0 Å². The van der Waals surface area contributed by atoms with Crippen molar-refractivity contribution in [3.8, 4) is 11.5 Å². The third kappa shape index (κ3) is 3.35. The molecule has 1 atom stereocenters. The minimum atomic E-state index is 0.321. The second-order valence-electron chi connectivity index (χ2n) is 7.49. The summed E-state index contributed by atoms with van der Waals surface area (Å²) in [6, 6.07) is 8.81. The molecule has 0 aliphatic carbocycles. The van der Waals surface area contributed by atoms with Gasteiger partial charge < -0.3 is 14.4 Å². The summed E-state index contributed by atoms with van der Waals surface area (Å²) in [4.78, 5) is 11.9. The van der Waals surface area contributed by atoms with Crippen LogP contribution in [0.1, 0.15) is 62.2 Å². The molecule has 0 spiro atoms. The zero-order valence-corrected chi connectivity index (χ0v) is 15.9. The van der Waals surface area contributed by atoms with Crippen LogP contribution in [0, 0.1) is 6.92 Å². The van der Waals surface area contributed by atoms with Gasteiger partial charge >= 0.3 is 0 Å². The van der Waals surface area contributed by atoms with Gasteiger partial charge in [-0.1, -0.05) is 19.9 Å². The summed E-state index contributed by atoms with van der Waals surface area (Å²) < 4.78 is 11.7. The van der Waals surface area contributed by atoms with Gasteiger partial charge in [-0.05, 0) is 37.5 Å². The molecular weight excluding hydrogens is 326 g/mol. The second-order valence-corrected chi connectivity index (χ2v) is 7.49. The highest BCUT2D eigenvalue weighted by molar-refractivity contribution is 5.49. The Bertz CT molecular complexity index is 791. The fourth-order valence-electron chi connectivity index (χ4n) is 3.75. The van der Waals surface area contributed by atoms with Crippen LogP contribution in [-0.4, -0.2) is 29.7 Å². The third-order valence-electron chi connectivity index (χ3n) is 5.08. The number of aromatic nitrogens is 2. The first-order valence-corrected chi connectivity index (χ1v) is 9.63. The highest BCUT2D eigenvalue weighted by Gasteiger charge is 2.29. The van der Waals surface area contributed by atoms with Crippen molar-refractivity contribution in [1.29, 1.82) is 0 Å². The summed E-state index contributed by atoms with van der Waals surface area (Å²) in [6.45, 7) is 8.80. The quantitative estimate of drug-likeness (QED) is 0.818. The minimum Gasteiger partial charge on any atom is -0.490 e. The molecule has 2 aromatic rings. The summed E-state index contributed by atoms with van der Waals surface area (Å²) in [5.41, 5.74) is 2.30. The Hall–Kier alpha value is -2.30. The second kappa shape index (κ2) is 7.14. The van der Waals surface area contributed by atoms with E-state index in [4.69, 9.17) is 14.5 Å². The fraction of sp³-hybridized carbons (Fsp3) is 0.524. The van der Waals surface area contributed by atoms with Crippen molar-refractivity contribution >= 4 is 5.82 Å². The summed E-state index contributed by atoms with van der Waals surface area (Å²) in [7, 11) is 0. The van der Waals surface area contributed by atoms with Gasteiger partial charge in [0.15, 0.2) is 11.5 Å². The van der Waals surface area contributed by atoms with Gasteiger partial charge in [0.05, 0.1) is 19.3 Å². The number of ether oxygens (including phenoxy) is 2. The highest BCUT2D eigenvalue weighted by Crippen LogP contribution is 2.39. The van der Waals surface area contributed by atoms with Crippen LogP contribution in [0.25, 0.3) is 0 Å². The van der Waals surface area contributed by atoms with Crippen LogP contribution in [0.15, 0.2) is 24.3 Å². The van der Waals surface area contributed by atoms with E-state index in [2.05, 4.69) is 54.9 Å². The van der Waals surface area contributed by atoms with Crippen molar-refractivity contribution in [3.63, 3.8) is 0 Å². The molecule has 1 fully saturated rings. The predicted octanol–water partition coefficient (Wildman–Crippen LogP) is 4.41. The maximum atomic E-state index is 5.89. The summed E-state index contributed by atoms with van der Waals surface area (Å²) in [5, 5.41) is 0. The van der Waals surface area contributed by atoms with Gasteiger partial charge in [0, 0.05) is 30.6 Å². The molecule has 0 saturated carbocycles. The van der Waals surface area contributed by atoms with E-state index in [9.17, 15) is 0 Å². The molecule has 1 unspecified atom stereocenters. The number of fused-ring (bicyclic) bond motifs is 1. The van der Waals surface area contributed by atoms with Crippen LogP contribution in [0.4, 0.5) is 5.82 Å². The molecule has 2 aliphatic heterocycles. The Morgan fingerprint density at radius 3 is 2.65 bits per heavy atom. The minimum absolute atomic E-state index is 0.321. The lowest BCUT2D eigenvalue weighted by Crippen LogP contribution is -2.24. The van der Waals surface area contributed by atoms with Crippen molar-refractivity contribution < 1.29 is 9.47 Å². The number of hydrogen-bond acceptors (Lipinski definition) is 5. The smallest absolute Gasteiger partial charge is 0.161 e. The van der Waals surface area contributed by atoms with Crippen molar-refractivity contribution in [2.75, 3.05) is 24.7 Å². The Balaban J connectivity index is 1.66. The summed E-state index contributed by atoms with van der Waals surface area (Å²) in [5.74, 6) is 4.01. The van der Waals surface area contributed by atoms with Gasteiger partial charge in [-0.15, -0.1) is 0 Å². The lowest BCUT2D eigenvalue weighted by Gasteiger charge is -2.27. The number of hydrogen-bond donors (Lipinski definition) is 0. The first-order valence-electron chi connectivity index (χ1n) is 9.63. The molecule has 0 N–H and O–H groups in total. The average Bonchev–Trinajstić information content (AvgIpc) is 3.00. The molecule has 0 amide bonds. The average molecular weight is 353 g/mol. The largest absolute Gasteiger partial charge is 0.490 e. The molecule has 1 aromatic carbocycles. The number of nitrogens with zero attached hydrogens (tertiary/aromatic N) is 3. The molecule has 5 nitrogen and oxygen atoms in total. The van der Waals surface area contributed by atoms with Crippen molar-refractivity contribution in [1.82, 2.24) is 9.97 Å². The molecule has 5 heteroatoms. The third-order valence-corrected chi connectivity index (χ3v) is 5.08. The van der Waals surface area contributed by atoms with Gasteiger partial charge in [0.25, 0.3) is 0 Å². The van der Waals surface area contributed by atoms with Crippen LogP contribution >= 0.6 is 0 Å². The lowest BCUT2D eigenvalue weighted by molar-refractivity contribution is 0.297. The van der Waals surface area contributed by atoms with Gasteiger partial charge in [0.2, 0.25) is 0 Å². The molecule has 4 rings (SSSR count). The highest BCUT2D eigenvalue weighted by atomic mass is 16.5. The van der Waals surface area contributed by atoms with Crippen molar-refractivity contribution in [2.45, 2.75) is 52.0 Å². The SMILES string of the molecule is Cc1cc(N2CCCC2c2ccc3c(c2)OCCCO3)nc(C(C)C)n1. The van der Waals surface area contributed by atoms with Gasteiger partial charge in [-0.2, -0.15) is 0 Å². The molecule has 0 bridgehead atoms. The molecule has 26 heavy (non-hydrogen) atoms. The number of anilines is 1. The Labute approximate surface area is 155 Å². The molecule has 138 valence electrons. The number of rotatable bonds is 3. The van der Waals surface area contributed by atoms with E-state index in [1.165, 1.54) is 12.0 Å². The van der Waals surface area contributed by atoms with Gasteiger partial charge in [0.1, 0.15) is 11.6 Å². The molecule has 1 saturated heterocycles. The van der Waals surface area contributed by atoms with E-state index in [-0.39, 0.29) is 0 Å². The summed E-state index contributed by atoms with van der Waals surface area (Å²) in [6.07, 6.45) is 3.22. The number of aryl methyl sites for hydroxylation is 1. The van der Waals surface area contributed by atoms with Crippen LogP contribution in [0.2, 0.25) is 0 Å². The normalized spacial score (nSPS) is 19.7. The lowest BCUT2D eigenvalue weighted by atomic mass is 10.0. The van der Waals surface area contributed by atoms with E-state index < -0.39 is 0 Å². The summed E-state index contributed by atoms with van der Waals surface area (Å²) >= 11 is 0. The van der Waals surface area contributed by atoms with E-state index in [1.807, 2.05) is 0 Å². The molecule has 1 aromatic heterocycles. The van der Waals surface area contributed by atoms with Gasteiger partial charge in [-0.25, -0.2) is 9.97 Å².